The molecule has 0 aromatic carbocycles. The van der Waals surface area contributed by atoms with E-state index in [1.165, 1.54) is 0 Å². The van der Waals surface area contributed by atoms with E-state index < -0.39 is 0 Å². The fourth-order valence-corrected chi connectivity index (χ4v) is 0.520. The Hall–Kier alpha value is -0.250. The molecule has 0 aliphatic heterocycles. The predicted molar refractivity (Wildman–Crippen MR) is 45.7 cm³/mol. The third-order valence-corrected chi connectivity index (χ3v) is 1.01. The van der Waals surface area contributed by atoms with Gasteiger partial charge in [-0.2, -0.15) is 5.10 Å². The Balaban J connectivity index is 0. The monoisotopic (exact) mass is 183 g/mol. The molecule has 0 aliphatic rings. The first-order chi connectivity index (χ1) is 3.80. The zero-order valence-corrected chi connectivity index (χ0v) is 7.21. The predicted octanol–water partition coefficient (Wildman–Crippen LogP) is 1.27. The standard InChI is InChI=1S/C5H9N3.2ClH/c1-4(6)5-2-3-7-8-5;;/h2-4H,6H2,1H3,(H,7,8);2*1H. The van der Waals surface area contributed by atoms with Gasteiger partial charge in [-0.1, -0.05) is 0 Å². The molecule has 0 saturated heterocycles. The van der Waals surface area contributed by atoms with Crippen molar-refractivity contribution in [2.24, 2.45) is 5.73 Å². The number of halogens is 2. The highest BCUT2D eigenvalue weighted by Crippen LogP contribution is 2.01. The van der Waals surface area contributed by atoms with Crippen LogP contribution in [0.15, 0.2) is 12.3 Å². The summed E-state index contributed by atoms with van der Waals surface area (Å²) in [7, 11) is 0. The van der Waals surface area contributed by atoms with Crippen LogP contribution in [-0.2, 0) is 0 Å². The summed E-state index contributed by atoms with van der Waals surface area (Å²) >= 11 is 0. The summed E-state index contributed by atoms with van der Waals surface area (Å²) < 4.78 is 0. The highest BCUT2D eigenvalue weighted by atomic mass is 35.5. The van der Waals surface area contributed by atoms with Gasteiger partial charge >= 0.3 is 0 Å². The molecule has 3 nitrogen and oxygen atoms in total. The topological polar surface area (TPSA) is 54.7 Å². The lowest BCUT2D eigenvalue weighted by Gasteiger charge is -1.96. The van der Waals surface area contributed by atoms with Crippen molar-refractivity contribution in [3.8, 4) is 0 Å². The molecule has 1 heterocycles. The summed E-state index contributed by atoms with van der Waals surface area (Å²) in [4.78, 5) is 0. The number of aromatic amines is 1. The maximum Gasteiger partial charge on any atom is 0.0516 e. The molecule has 0 amide bonds. The third kappa shape index (κ3) is 3.06. The summed E-state index contributed by atoms with van der Waals surface area (Å²) in [6.07, 6.45) is 1.69. The van der Waals surface area contributed by atoms with E-state index in [1.807, 2.05) is 13.0 Å². The summed E-state index contributed by atoms with van der Waals surface area (Å²) in [6, 6.07) is 1.93. The minimum atomic E-state index is 0. The van der Waals surface area contributed by atoms with Gasteiger partial charge in [0.25, 0.3) is 0 Å². The number of aromatic nitrogens is 2. The summed E-state index contributed by atoms with van der Waals surface area (Å²) in [5.41, 5.74) is 6.46. The number of nitrogens with two attached hydrogens (primary N) is 1. The van der Waals surface area contributed by atoms with E-state index in [0.717, 1.165) is 5.69 Å². The first-order valence-corrected chi connectivity index (χ1v) is 2.55. The van der Waals surface area contributed by atoms with E-state index in [1.54, 1.807) is 6.20 Å². The lowest BCUT2D eigenvalue weighted by atomic mass is 10.3. The van der Waals surface area contributed by atoms with Gasteiger partial charge in [0.1, 0.15) is 0 Å². The Bertz CT molecular complexity index is 150. The van der Waals surface area contributed by atoms with Crippen LogP contribution < -0.4 is 5.73 Å². The van der Waals surface area contributed by atoms with Crippen LogP contribution in [0, 0.1) is 0 Å². The second kappa shape index (κ2) is 5.53. The van der Waals surface area contributed by atoms with E-state index in [2.05, 4.69) is 10.2 Å². The molecule has 1 atom stereocenters. The lowest BCUT2D eigenvalue weighted by molar-refractivity contribution is 0.772. The van der Waals surface area contributed by atoms with Crippen LogP contribution in [0.2, 0.25) is 0 Å². The molecule has 0 spiro atoms. The minimum Gasteiger partial charge on any atom is -0.323 e. The number of hydrogen-bond donors (Lipinski definition) is 2. The molecule has 60 valence electrons. The molecule has 3 N–H and O–H groups in total. The lowest BCUT2D eigenvalue weighted by Crippen LogP contribution is -2.04. The largest absolute Gasteiger partial charge is 0.323 e. The first-order valence-electron chi connectivity index (χ1n) is 2.55. The van der Waals surface area contributed by atoms with Gasteiger partial charge in [-0.15, -0.1) is 24.8 Å². The molecule has 5 heteroatoms. The Morgan fingerprint density at radius 1 is 1.60 bits per heavy atom. The molecule has 0 radical (unpaired) electrons. The van der Waals surface area contributed by atoms with Gasteiger partial charge in [-0.3, -0.25) is 5.10 Å². The Morgan fingerprint density at radius 2 is 2.20 bits per heavy atom. The molecule has 1 aromatic rings. The van der Waals surface area contributed by atoms with Crippen LogP contribution in [0.3, 0.4) is 0 Å². The molecule has 0 fully saturated rings. The average Bonchev–Trinajstić information content (AvgIpc) is 2.12. The second-order valence-corrected chi connectivity index (χ2v) is 1.80. The second-order valence-electron chi connectivity index (χ2n) is 1.80. The van der Waals surface area contributed by atoms with Crippen LogP contribution in [0.25, 0.3) is 0 Å². The van der Waals surface area contributed by atoms with Crippen molar-refractivity contribution >= 4 is 24.8 Å². The average molecular weight is 184 g/mol. The van der Waals surface area contributed by atoms with Gasteiger partial charge in [0.2, 0.25) is 0 Å². The molecule has 0 bridgehead atoms. The van der Waals surface area contributed by atoms with Crippen LogP contribution in [0.5, 0.6) is 0 Å². The van der Waals surface area contributed by atoms with E-state index in [-0.39, 0.29) is 30.9 Å². The van der Waals surface area contributed by atoms with E-state index in [4.69, 9.17) is 5.73 Å². The van der Waals surface area contributed by atoms with Crippen LogP contribution in [0.1, 0.15) is 18.7 Å². The van der Waals surface area contributed by atoms with Crippen molar-refractivity contribution in [1.82, 2.24) is 10.2 Å². The number of nitrogens with zero attached hydrogens (tertiary/aromatic N) is 1. The summed E-state index contributed by atoms with van der Waals surface area (Å²) in [6.45, 7) is 1.91. The van der Waals surface area contributed by atoms with Gasteiger partial charge in [-0.05, 0) is 13.0 Å². The molecular weight excluding hydrogens is 173 g/mol. The Labute approximate surface area is 72.2 Å². The van der Waals surface area contributed by atoms with E-state index >= 15 is 0 Å². The first kappa shape index (κ1) is 12.4. The Morgan fingerprint density at radius 3 is 2.40 bits per heavy atom. The van der Waals surface area contributed by atoms with Gasteiger partial charge in [-0.25, -0.2) is 0 Å². The van der Waals surface area contributed by atoms with E-state index in [9.17, 15) is 0 Å². The number of H-pyrrole nitrogens is 1. The molecule has 0 aliphatic carbocycles. The molecule has 1 unspecified atom stereocenters. The van der Waals surface area contributed by atoms with Gasteiger partial charge in [0, 0.05) is 12.2 Å². The highest BCUT2D eigenvalue weighted by Gasteiger charge is 1.96. The molecule has 10 heavy (non-hydrogen) atoms. The van der Waals surface area contributed by atoms with Crippen molar-refractivity contribution in [2.75, 3.05) is 0 Å². The van der Waals surface area contributed by atoms with Crippen molar-refractivity contribution in [2.45, 2.75) is 13.0 Å². The highest BCUT2D eigenvalue weighted by molar-refractivity contribution is 5.85. The maximum absolute atomic E-state index is 5.49. The smallest absolute Gasteiger partial charge is 0.0516 e. The fraction of sp³-hybridized carbons (Fsp3) is 0.400. The van der Waals surface area contributed by atoms with Crippen molar-refractivity contribution in [3.63, 3.8) is 0 Å². The SMILES string of the molecule is CC(N)c1ccn[nH]1.Cl.Cl. The third-order valence-electron chi connectivity index (χ3n) is 1.01. The molecular formula is C5H11Cl2N3. The zero-order chi connectivity index (χ0) is 5.98. The summed E-state index contributed by atoms with van der Waals surface area (Å²) in [5.74, 6) is 0. The number of rotatable bonds is 1. The van der Waals surface area contributed by atoms with Crippen LogP contribution in [0.4, 0.5) is 0 Å². The molecule has 1 rings (SSSR count). The van der Waals surface area contributed by atoms with E-state index in [0.29, 0.717) is 0 Å². The van der Waals surface area contributed by atoms with Gasteiger partial charge in [0.15, 0.2) is 0 Å². The molecule has 1 aromatic heterocycles. The quantitative estimate of drug-likeness (QED) is 0.690. The number of nitrogens with one attached hydrogen (secondary N) is 1. The number of hydrogen-bond acceptors (Lipinski definition) is 2. The van der Waals surface area contributed by atoms with Crippen molar-refractivity contribution in [1.29, 1.82) is 0 Å². The van der Waals surface area contributed by atoms with Gasteiger partial charge in [0.05, 0.1) is 5.69 Å². The van der Waals surface area contributed by atoms with Crippen LogP contribution in [-0.4, -0.2) is 10.2 Å². The molecule has 0 saturated carbocycles. The van der Waals surface area contributed by atoms with Crippen molar-refractivity contribution < 1.29 is 0 Å². The normalized spacial score (nSPS) is 11.0. The fourth-order valence-electron chi connectivity index (χ4n) is 0.520. The summed E-state index contributed by atoms with van der Waals surface area (Å²) in [5, 5.41) is 6.50. The van der Waals surface area contributed by atoms with Gasteiger partial charge < -0.3 is 5.73 Å². The van der Waals surface area contributed by atoms with Crippen molar-refractivity contribution in [3.05, 3.63) is 18.0 Å². The Kier molecular flexibility index (Phi) is 6.87. The zero-order valence-electron chi connectivity index (χ0n) is 5.57. The maximum atomic E-state index is 5.49. The minimum absolute atomic E-state index is 0. The van der Waals surface area contributed by atoms with Crippen LogP contribution >= 0.6 is 24.8 Å².